The molecule has 11 heteroatoms. The van der Waals surface area contributed by atoms with Crippen molar-refractivity contribution in [3.63, 3.8) is 0 Å². The number of carbonyl (C=O) groups is 3. The lowest BCUT2D eigenvalue weighted by atomic mass is 9.74. The molecule has 3 heterocycles. The molecule has 1 aromatic carbocycles. The van der Waals surface area contributed by atoms with Crippen molar-refractivity contribution in [2.45, 2.75) is 23.9 Å². The molecule has 1 unspecified atom stereocenters. The number of ether oxygens (including phenoxy) is 1. The van der Waals surface area contributed by atoms with E-state index in [-0.39, 0.29) is 27.9 Å². The smallest absolute Gasteiger partial charge is 0.313 e. The summed E-state index contributed by atoms with van der Waals surface area (Å²) in [6.07, 6.45) is 0.467. The Morgan fingerprint density at radius 2 is 2.10 bits per heavy atom. The number of nitrogens with one attached hydrogen (secondary N) is 1. The Kier molecular flexibility index (Phi) is 4.83. The zero-order valence-electron chi connectivity index (χ0n) is 15.3. The Bertz CT molecular complexity index is 988. The van der Waals surface area contributed by atoms with Crippen LogP contribution in [0.2, 0.25) is 10.0 Å². The summed E-state index contributed by atoms with van der Waals surface area (Å²) in [7, 11) is 0. The first-order valence-electron chi connectivity index (χ1n) is 9.00. The molecule has 2 saturated heterocycles. The van der Waals surface area contributed by atoms with Crippen LogP contribution in [0, 0.1) is 11.8 Å². The molecule has 1 amide bonds. The van der Waals surface area contributed by atoms with Gasteiger partial charge in [-0.1, -0.05) is 35.9 Å². The number of hydrogen-bond acceptors (Lipinski definition) is 5. The third-order valence-corrected chi connectivity index (χ3v) is 6.44. The van der Waals surface area contributed by atoms with Crippen LogP contribution in [0.4, 0.5) is 14.5 Å². The molecule has 7 nitrogen and oxygen atoms in total. The van der Waals surface area contributed by atoms with E-state index in [1.165, 1.54) is 18.2 Å². The van der Waals surface area contributed by atoms with E-state index in [2.05, 4.69) is 11.9 Å². The van der Waals surface area contributed by atoms with Crippen molar-refractivity contribution in [1.82, 2.24) is 4.90 Å². The van der Waals surface area contributed by atoms with E-state index in [1.807, 2.05) is 0 Å². The van der Waals surface area contributed by atoms with Crippen LogP contribution in [0.5, 0.6) is 0 Å². The Morgan fingerprint density at radius 3 is 2.73 bits per heavy atom. The molecule has 2 fully saturated rings. The van der Waals surface area contributed by atoms with Crippen LogP contribution in [0.3, 0.4) is 0 Å². The number of nitrogens with zero attached hydrogens (tertiary/aromatic N) is 1. The highest BCUT2D eigenvalue weighted by atomic mass is 35.5. The first-order chi connectivity index (χ1) is 14.0. The third kappa shape index (κ3) is 2.75. The van der Waals surface area contributed by atoms with Crippen LogP contribution in [0.25, 0.3) is 0 Å². The van der Waals surface area contributed by atoms with Gasteiger partial charge in [-0.25, -0.2) is 8.78 Å². The van der Waals surface area contributed by atoms with Crippen LogP contribution in [0.1, 0.15) is 12.0 Å². The SMILES string of the molecule is C=CCOC(=O)[C@H]1[C@@H](C(=O)O)[C@H]2CC(F)(F)CN2C12C(=O)Nc1c(Cl)cc(Cl)cc12. The summed E-state index contributed by atoms with van der Waals surface area (Å²) in [4.78, 5) is 39.6. The number of carboxylic acids is 1. The normalized spacial score (nSPS) is 31.3. The Morgan fingerprint density at radius 1 is 1.40 bits per heavy atom. The molecule has 4 rings (SSSR count). The van der Waals surface area contributed by atoms with Gasteiger partial charge < -0.3 is 15.2 Å². The standard InChI is InChI=1S/C19H16Cl2F2N2O5/c1-2-3-30-16(28)13-12(15(26)27)11-6-18(22,23)7-25(11)19(13)9-4-8(20)5-10(21)14(9)24-17(19)29/h2,4-5,11-13H,1,3,6-7H2,(H,24,29)(H,26,27)/t11-,12+,13-,19?/m1/s1. The molecule has 1 spiro atoms. The van der Waals surface area contributed by atoms with Crippen molar-refractivity contribution in [3.05, 3.63) is 40.4 Å². The first kappa shape index (κ1) is 21.0. The minimum atomic E-state index is -3.24. The third-order valence-electron chi connectivity index (χ3n) is 5.92. The van der Waals surface area contributed by atoms with Gasteiger partial charge in [0.25, 0.3) is 11.8 Å². The van der Waals surface area contributed by atoms with Gasteiger partial charge in [0.1, 0.15) is 18.1 Å². The van der Waals surface area contributed by atoms with Crippen molar-refractivity contribution in [2.24, 2.45) is 11.8 Å². The predicted octanol–water partition coefficient (Wildman–Crippen LogP) is 2.91. The zero-order chi connectivity index (χ0) is 22.0. The number of esters is 1. The maximum absolute atomic E-state index is 14.4. The second-order valence-electron chi connectivity index (χ2n) is 7.55. The number of benzene rings is 1. The minimum Gasteiger partial charge on any atom is -0.481 e. The summed E-state index contributed by atoms with van der Waals surface area (Å²) in [5, 5.41) is 12.6. The van der Waals surface area contributed by atoms with Gasteiger partial charge in [0.2, 0.25) is 0 Å². The van der Waals surface area contributed by atoms with Crippen LogP contribution >= 0.6 is 23.2 Å². The molecule has 160 valence electrons. The van der Waals surface area contributed by atoms with Gasteiger partial charge in [-0.2, -0.15) is 0 Å². The molecule has 4 atom stereocenters. The number of aliphatic carboxylic acids is 1. The molecule has 0 bridgehead atoms. The van der Waals surface area contributed by atoms with Gasteiger partial charge in [0, 0.05) is 23.0 Å². The molecule has 0 saturated carbocycles. The van der Waals surface area contributed by atoms with Crippen molar-refractivity contribution in [2.75, 3.05) is 18.5 Å². The fourth-order valence-corrected chi connectivity index (χ4v) is 5.54. The summed E-state index contributed by atoms with van der Waals surface area (Å²) >= 11 is 12.3. The molecular weight excluding hydrogens is 445 g/mol. The lowest BCUT2D eigenvalue weighted by molar-refractivity contribution is -0.161. The van der Waals surface area contributed by atoms with Gasteiger partial charge in [-0.15, -0.1) is 0 Å². The number of carboxylic acid groups (broad SMARTS) is 1. The van der Waals surface area contributed by atoms with Gasteiger partial charge in [0.15, 0.2) is 0 Å². The molecule has 0 aromatic heterocycles. The molecule has 30 heavy (non-hydrogen) atoms. The maximum Gasteiger partial charge on any atom is 0.313 e. The van der Waals surface area contributed by atoms with Gasteiger partial charge in [-0.3, -0.25) is 19.3 Å². The van der Waals surface area contributed by atoms with E-state index in [9.17, 15) is 28.3 Å². The average Bonchev–Trinajstić information content (AvgIpc) is 3.20. The van der Waals surface area contributed by atoms with Crippen LogP contribution in [-0.2, 0) is 24.7 Å². The first-order valence-corrected chi connectivity index (χ1v) is 9.76. The van der Waals surface area contributed by atoms with E-state index < -0.39 is 60.2 Å². The van der Waals surface area contributed by atoms with Crippen LogP contribution in [-0.4, -0.2) is 53.0 Å². The highest BCUT2D eigenvalue weighted by Gasteiger charge is 2.74. The lowest BCUT2D eigenvalue weighted by Gasteiger charge is -2.36. The van der Waals surface area contributed by atoms with E-state index in [1.54, 1.807) is 0 Å². The van der Waals surface area contributed by atoms with E-state index in [0.29, 0.717) is 0 Å². The number of alkyl halides is 2. The second-order valence-corrected chi connectivity index (χ2v) is 8.39. The summed E-state index contributed by atoms with van der Waals surface area (Å²) in [6.45, 7) is 2.30. The highest BCUT2D eigenvalue weighted by Crippen LogP contribution is 2.61. The minimum absolute atomic E-state index is 0.0437. The maximum atomic E-state index is 14.4. The Hall–Kier alpha value is -2.23. The Balaban J connectivity index is 1.99. The predicted molar refractivity (Wildman–Crippen MR) is 103 cm³/mol. The number of carbonyl (C=O) groups excluding carboxylic acids is 2. The highest BCUT2D eigenvalue weighted by molar-refractivity contribution is 6.38. The molecule has 1 aromatic rings. The topological polar surface area (TPSA) is 95.9 Å². The quantitative estimate of drug-likeness (QED) is 0.529. The van der Waals surface area contributed by atoms with Crippen molar-refractivity contribution >= 4 is 46.7 Å². The van der Waals surface area contributed by atoms with Gasteiger partial charge in [0.05, 0.1) is 23.2 Å². The summed E-state index contributed by atoms with van der Waals surface area (Å²) in [5.74, 6) is -9.74. The van der Waals surface area contributed by atoms with Crippen molar-refractivity contribution in [1.29, 1.82) is 0 Å². The van der Waals surface area contributed by atoms with Crippen LogP contribution < -0.4 is 5.32 Å². The monoisotopic (exact) mass is 460 g/mol. The van der Waals surface area contributed by atoms with Crippen molar-refractivity contribution < 1.29 is 33.0 Å². The fraction of sp³-hybridized carbons (Fsp3) is 0.421. The number of halogens is 4. The molecular formula is C19H16Cl2F2N2O5. The fourth-order valence-electron chi connectivity index (χ4n) is 5.00. The average molecular weight is 461 g/mol. The largest absolute Gasteiger partial charge is 0.481 e. The number of anilines is 1. The zero-order valence-corrected chi connectivity index (χ0v) is 16.8. The number of amides is 1. The second kappa shape index (κ2) is 6.90. The molecule has 3 aliphatic heterocycles. The molecule has 0 aliphatic carbocycles. The summed E-state index contributed by atoms with van der Waals surface area (Å²) in [5.41, 5.74) is -1.86. The van der Waals surface area contributed by atoms with Crippen LogP contribution in [0.15, 0.2) is 24.8 Å². The summed E-state index contributed by atoms with van der Waals surface area (Å²) < 4.78 is 33.9. The summed E-state index contributed by atoms with van der Waals surface area (Å²) in [6, 6.07) is 1.42. The number of fused-ring (bicyclic) bond motifs is 4. The lowest BCUT2D eigenvalue weighted by Crippen LogP contribution is -2.54. The number of hydrogen-bond donors (Lipinski definition) is 2. The molecule has 0 radical (unpaired) electrons. The number of rotatable bonds is 4. The molecule has 2 N–H and O–H groups in total. The van der Waals surface area contributed by atoms with E-state index in [4.69, 9.17) is 27.9 Å². The van der Waals surface area contributed by atoms with Gasteiger partial charge in [-0.05, 0) is 12.1 Å². The van der Waals surface area contributed by atoms with E-state index in [0.717, 1.165) is 4.90 Å². The Labute approximate surface area is 179 Å². The molecule has 3 aliphatic rings. The van der Waals surface area contributed by atoms with Gasteiger partial charge >= 0.3 is 11.9 Å². The van der Waals surface area contributed by atoms with Crippen molar-refractivity contribution in [3.8, 4) is 0 Å². The van der Waals surface area contributed by atoms with E-state index >= 15 is 0 Å².